The van der Waals surface area contributed by atoms with Gasteiger partial charge in [-0.15, -0.1) is 16.4 Å². The highest BCUT2D eigenvalue weighted by Crippen LogP contribution is 2.42. The summed E-state index contributed by atoms with van der Waals surface area (Å²) in [5, 5.41) is 16.4. The highest BCUT2D eigenvalue weighted by atomic mass is 32.1. The Morgan fingerprint density at radius 2 is 2.18 bits per heavy atom. The molecule has 1 fully saturated rings. The first-order valence-electron chi connectivity index (χ1n) is 9.26. The number of amides is 1. The highest BCUT2D eigenvalue weighted by molar-refractivity contribution is 7.21. The van der Waals surface area contributed by atoms with Crippen LogP contribution in [0.2, 0.25) is 0 Å². The summed E-state index contributed by atoms with van der Waals surface area (Å²) >= 11 is 1.16. The van der Waals surface area contributed by atoms with Gasteiger partial charge in [-0.05, 0) is 50.0 Å². The quantitative estimate of drug-likeness (QED) is 0.645. The van der Waals surface area contributed by atoms with Gasteiger partial charge < -0.3 is 9.47 Å². The summed E-state index contributed by atoms with van der Waals surface area (Å²) in [6.07, 6.45) is 5.27. The molecular weight excluding hydrogens is 385 g/mol. The van der Waals surface area contributed by atoms with Crippen molar-refractivity contribution in [3.63, 3.8) is 0 Å². The molecule has 2 heterocycles. The minimum atomic E-state index is -0.468. The molecule has 28 heavy (non-hydrogen) atoms. The molecule has 0 unspecified atom stereocenters. The fraction of sp³-hybridized carbons (Fsp3) is 0.444. The van der Waals surface area contributed by atoms with Crippen LogP contribution in [0.1, 0.15) is 48.7 Å². The van der Waals surface area contributed by atoms with Crippen LogP contribution in [-0.2, 0) is 0 Å². The molecule has 1 aromatic carbocycles. The molecule has 0 aliphatic heterocycles. The van der Waals surface area contributed by atoms with E-state index in [2.05, 4.69) is 25.9 Å². The third-order valence-corrected chi connectivity index (χ3v) is 5.74. The molecule has 1 amide bonds. The molecule has 0 saturated heterocycles. The van der Waals surface area contributed by atoms with Crippen molar-refractivity contribution in [3.8, 4) is 11.5 Å². The van der Waals surface area contributed by atoms with Gasteiger partial charge in [-0.3, -0.25) is 10.1 Å². The summed E-state index contributed by atoms with van der Waals surface area (Å²) < 4.78 is 26.6. The third kappa shape index (κ3) is 3.77. The van der Waals surface area contributed by atoms with Crippen molar-refractivity contribution in [1.29, 1.82) is 0 Å². The Morgan fingerprint density at radius 1 is 1.36 bits per heavy atom. The number of aromatic nitrogens is 4. The third-order valence-electron chi connectivity index (χ3n) is 4.61. The Morgan fingerprint density at radius 3 is 2.89 bits per heavy atom. The molecule has 8 nitrogen and oxygen atoms in total. The Kier molecular flexibility index (Phi) is 5.38. The number of aromatic amines is 1. The zero-order valence-electron chi connectivity index (χ0n) is 15.3. The largest absolute Gasteiger partial charge is 0.491 e. The normalized spacial score (nSPS) is 14.9. The van der Waals surface area contributed by atoms with Crippen LogP contribution >= 0.6 is 11.3 Å². The summed E-state index contributed by atoms with van der Waals surface area (Å²) in [5.41, 5.74) is 0. The summed E-state index contributed by atoms with van der Waals surface area (Å²) in [6, 6.07) is 2.98. The second kappa shape index (κ2) is 8.09. The average molecular weight is 405 g/mol. The van der Waals surface area contributed by atoms with Crippen molar-refractivity contribution in [2.24, 2.45) is 0 Å². The lowest BCUT2D eigenvalue weighted by Crippen LogP contribution is -2.21. The number of nitrogens with one attached hydrogen (secondary N) is 2. The van der Waals surface area contributed by atoms with Gasteiger partial charge in [0.15, 0.2) is 17.3 Å². The van der Waals surface area contributed by atoms with Gasteiger partial charge in [-0.25, -0.2) is 4.39 Å². The van der Waals surface area contributed by atoms with E-state index in [1.165, 1.54) is 12.5 Å². The topological polar surface area (TPSA) is 102 Å². The number of benzene rings is 1. The maximum Gasteiger partial charge on any atom is 0.272 e. The Bertz CT molecular complexity index is 969. The van der Waals surface area contributed by atoms with Crippen LogP contribution in [0.4, 0.5) is 10.3 Å². The second-order valence-corrected chi connectivity index (χ2v) is 7.59. The lowest BCUT2D eigenvalue weighted by molar-refractivity contribution is 0.101. The van der Waals surface area contributed by atoms with Crippen LogP contribution in [0.3, 0.4) is 0 Å². The minimum Gasteiger partial charge on any atom is -0.491 e. The molecule has 0 bridgehead atoms. The van der Waals surface area contributed by atoms with Crippen molar-refractivity contribution in [1.82, 2.24) is 20.6 Å². The molecule has 3 aromatic rings. The van der Waals surface area contributed by atoms with Gasteiger partial charge in [0.05, 0.1) is 12.7 Å². The van der Waals surface area contributed by atoms with E-state index in [0.29, 0.717) is 27.3 Å². The van der Waals surface area contributed by atoms with Crippen molar-refractivity contribution in [3.05, 3.63) is 22.8 Å². The highest BCUT2D eigenvalue weighted by Gasteiger charge is 2.26. The van der Waals surface area contributed by atoms with Crippen LogP contribution in [0.5, 0.6) is 11.5 Å². The first-order valence-corrected chi connectivity index (χ1v) is 10.1. The number of fused-ring (bicyclic) bond motifs is 1. The molecule has 2 N–H and O–H groups in total. The maximum absolute atomic E-state index is 14.3. The maximum atomic E-state index is 14.3. The SMILES string of the molecule is CCOc1cc2c(OC3CCCCC3)c(C(=O)Nc3nn[nH]n3)sc2cc1F. The lowest BCUT2D eigenvalue weighted by atomic mass is 9.98. The van der Waals surface area contributed by atoms with Gasteiger partial charge in [0.25, 0.3) is 11.9 Å². The predicted octanol–water partition coefficient (Wildman–Crippen LogP) is 3.92. The molecule has 0 radical (unpaired) electrons. The van der Waals surface area contributed by atoms with E-state index in [0.717, 1.165) is 37.0 Å². The summed E-state index contributed by atoms with van der Waals surface area (Å²) in [6.45, 7) is 2.14. The van der Waals surface area contributed by atoms with Gasteiger partial charge in [-0.1, -0.05) is 11.5 Å². The van der Waals surface area contributed by atoms with Gasteiger partial charge in [0, 0.05) is 10.1 Å². The summed E-state index contributed by atoms with van der Waals surface area (Å²) in [7, 11) is 0. The fourth-order valence-electron chi connectivity index (χ4n) is 3.33. The Labute approximate surface area is 164 Å². The molecular formula is C18H20FN5O3S. The summed E-state index contributed by atoms with van der Waals surface area (Å²) in [5.74, 6) is -0.232. The monoisotopic (exact) mass is 405 g/mol. The van der Waals surface area contributed by atoms with E-state index in [-0.39, 0.29) is 17.8 Å². The number of hydrogen-bond acceptors (Lipinski definition) is 7. The van der Waals surface area contributed by atoms with Crippen molar-refractivity contribution in [2.75, 3.05) is 11.9 Å². The number of ether oxygens (including phenoxy) is 2. The number of carbonyl (C=O) groups is 1. The van der Waals surface area contributed by atoms with Crippen molar-refractivity contribution in [2.45, 2.75) is 45.1 Å². The number of halogens is 1. The zero-order valence-corrected chi connectivity index (χ0v) is 16.1. The number of anilines is 1. The summed E-state index contributed by atoms with van der Waals surface area (Å²) in [4.78, 5) is 13.2. The smallest absolute Gasteiger partial charge is 0.272 e. The second-order valence-electron chi connectivity index (χ2n) is 6.54. The number of thiophene rings is 1. The minimum absolute atomic E-state index is 0.0314. The van der Waals surface area contributed by atoms with E-state index in [4.69, 9.17) is 9.47 Å². The van der Waals surface area contributed by atoms with Crippen LogP contribution in [0, 0.1) is 5.82 Å². The van der Waals surface area contributed by atoms with E-state index in [1.807, 2.05) is 0 Å². The van der Waals surface area contributed by atoms with E-state index >= 15 is 0 Å². The number of H-pyrrole nitrogens is 1. The predicted molar refractivity (Wildman–Crippen MR) is 103 cm³/mol. The van der Waals surface area contributed by atoms with E-state index in [9.17, 15) is 9.18 Å². The van der Waals surface area contributed by atoms with Gasteiger partial charge >= 0.3 is 0 Å². The van der Waals surface area contributed by atoms with Gasteiger partial charge in [0.1, 0.15) is 4.88 Å². The molecule has 10 heteroatoms. The zero-order chi connectivity index (χ0) is 19.5. The molecule has 148 valence electrons. The van der Waals surface area contributed by atoms with Crippen LogP contribution in [0.25, 0.3) is 10.1 Å². The molecule has 2 aromatic heterocycles. The molecule has 0 atom stereocenters. The van der Waals surface area contributed by atoms with Gasteiger partial charge in [-0.2, -0.15) is 5.21 Å². The number of rotatable bonds is 6. The van der Waals surface area contributed by atoms with Crippen LogP contribution in [-0.4, -0.2) is 39.2 Å². The Balaban J connectivity index is 1.74. The van der Waals surface area contributed by atoms with E-state index in [1.54, 1.807) is 13.0 Å². The number of nitrogens with zero attached hydrogens (tertiary/aromatic N) is 3. The molecule has 4 rings (SSSR count). The average Bonchev–Trinajstić information content (AvgIpc) is 3.32. The van der Waals surface area contributed by atoms with Crippen molar-refractivity contribution >= 4 is 33.3 Å². The van der Waals surface area contributed by atoms with E-state index < -0.39 is 11.7 Å². The molecule has 1 saturated carbocycles. The lowest BCUT2D eigenvalue weighted by Gasteiger charge is -2.23. The standard InChI is InChI=1S/C18H20FN5O3S/c1-2-26-13-8-11-14(9-12(13)19)28-16(17(25)20-18-21-23-24-22-18)15(11)27-10-6-4-3-5-7-10/h8-10H,2-7H2,1H3,(H2,20,21,22,23,24,25). The van der Waals surface area contributed by atoms with Gasteiger partial charge in [0.2, 0.25) is 0 Å². The van der Waals surface area contributed by atoms with Crippen LogP contribution < -0.4 is 14.8 Å². The number of carbonyl (C=O) groups excluding carboxylic acids is 1. The molecule has 1 aliphatic carbocycles. The molecule has 1 aliphatic rings. The number of hydrogen-bond donors (Lipinski definition) is 2. The Hall–Kier alpha value is -2.75. The first-order chi connectivity index (χ1) is 13.7. The molecule has 0 spiro atoms. The number of tetrazole rings is 1. The first kappa shape index (κ1) is 18.6. The van der Waals surface area contributed by atoms with Crippen LogP contribution in [0.15, 0.2) is 12.1 Å². The van der Waals surface area contributed by atoms with Crippen molar-refractivity contribution < 1.29 is 18.7 Å². The fourth-order valence-corrected chi connectivity index (χ4v) is 4.37.